The lowest BCUT2D eigenvalue weighted by atomic mass is 10.1. The number of hydrogen-bond donors (Lipinski definition) is 1. The second kappa shape index (κ2) is 7.95. The van der Waals surface area contributed by atoms with Crippen molar-refractivity contribution in [3.63, 3.8) is 0 Å². The summed E-state index contributed by atoms with van der Waals surface area (Å²) in [7, 11) is 1.67. The Balaban J connectivity index is 1.71. The summed E-state index contributed by atoms with van der Waals surface area (Å²) in [6.07, 6.45) is 0. The van der Waals surface area contributed by atoms with Crippen LogP contribution < -0.4 is 10.1 Å². The van der Waals surface area contributed by atoms with Crippen molar-refractivity contribution in [2.75, 3.05) is 12.4 Å². The van der Waals surface area contributed by atoms with Crippen LogP contribution in [-0.2, 0) is 0 Å². The van der Waals surface area contributed by atoms with Crippen molar-refractivity contribution in [3.05, 3.63) is 96.7 Å². The molecule has 0 spiro atoms. The van der Waals surface area contributed by atoms with E-state index in [1.807, 2.05) is 78.2 Å². The zero-order valence-corrected chi connectivity index (χ0v) is 17.4. The molecule has 152 valence electrons. The number of hydrogen-bond acceptors (Lipinski definition) is 4. The summed E-state index contributed by atoms with van der Waals surface area (Å²) in [6, 6.07) is 30.4. The molecule has 0 atom stereocenters. The maximum Gasteiger partial charge on any atom is 0.166 e. The Hall–Kier alpha value is -4.12. The Bertz CT molecular complexity index is 1330. The number of rotatable bonds is 5. The number of aryl methyl sites for hydroxylation is 1. The SMILES string of the molecule is COc1ccc(Nc2cc(-c3ccccc3)nc3c(-c4ccccc4)c(C)nn23)cc1. The molecule has 0 radical (unpaired) electrons. The van der Waals surface area contributed by atoms with E-state index in [2.05, 4.69) is 29.6 Å². The minimum atomic E-state index is 0.816. The summed E-state index contributed by atoms with van der Waals surface area (Å²) in [5.41, 5.74) is 6.78. The van der Waals surface area contributed by atoms with Crippen LogP contribution in [0.2, 0.25) is 0 Å². The van der Waals surface area contributed by atoms with Crippen molar-refractivity contribution in [1.29, 1.82) is 0 Å². The molecule has 5 aromatic rings. The molecule has 0 saturated carbocycles. The standard InChI is InChI=1S/C26H22N4O/c1-18-25(20-11-7-4-8-12-20)26-28-23(19-9-5-3-6-10-19)17-24(30(26)29-18)27-21-13-15-22(31-2)16-14-21/h3-17,27H,1-2H3. The fourth-order valence-corrected chi connectivity index (χ4v) is 3.73. The Morgan fingerprint density at radius 3 is 2.10 bits per heavy atom. The molecule has 5 nitrogen and oxygen atoms in total. The Morgan fingerprint density at radius 2 is 1.45 bits per heavy atom. The molecule has 2 heterocycles. The topological polar surface area (TPSA) is 51.5 Å². The minimum absolute atomic E-state index is 0.816. The first-order valence-electron chi connectivity index (χ1n) is 10.2. The van der Waals surface area contributed by atoms with E-state index in [1.165, 1.54) is 0 Å². The van der Waals surface area contributed by atoms with E-state index >= 15 is 0 Å². The quantitative estimate of drug-likeness (QED) is 0.382. The molecular formula is C26H22N4O. The monoisotopic (exact) mass is 406 g/mol. The number of nitrogens with zero attached hydrogens (tertiary/aromatic N) is 3. The van der Waals surface area contributed by atoms with E-state index in [9.17, 15) is 0 Å². The van der Waals surface area contributed by atoms with Crippen LogP contribution in [0.25, 0.3) is 28.0 Å². The molecular weight excluding hydrogens is 384 g/mol. The van der Waals surface area contributed by atoms with Crippen molar-refractivity contribution in [3.8, 4) is 28.1 Å². The van der Waals surface area contributed by atoms with Gasteiger partial charge in [-0.15, -0.1) is 0 Å². The van der Waals surface area contributed by atoms with Crippen molar-refractivity contribution in [2.24, 2.45) is 0 Å². The van der Waals surface area contributed by atoms with Gasteiger partial charge < -0.3 is 10.1 Å². The van der Waals surface area contributed by atoms with Gasteiger partial charge in [0.15, 0.2) is 5.65 Å². The highest BCUT2D eigenvalue weighted by Gasteiger charge is 2.17. The summed E-state index contributed by atoms with van der Waals surface area (Å²) < 4.78 is 7.16. The van der Waals surface area contributed by atoms with Gasteiger partial charge in [-0.25, -0.2) is 4.98 Å². The van der Waals surface area contributed by atoms with Gasteiger partial charge >= 0.3 is 0 Å². The van der Waals surface area contributed by atoms with E-state index in [4.69, 9.17) is 14.8 Å². The molecule has 0 fully saturated rings. The second-order valence-electron chi connectivity index (χ2n) is 7.31. The fourth-order valence-electron chi connectivity index (χ4n) is 3.73. The summed E-state index contributed by atoms with van der Waals surface area (Å²) in [6.45, 7) is 2.02. The number of benzene rings is 3. The number of ether oxygens (including phenoxy) is 1. The van der Waals surface area contributed by atoms with Crippen molar-refractivity contribution in [1.82, 2.24) is 14.6 Å². The zero-order valence-electron chi connectivity index (χ0n) is 17.4. The molecule has 1 N–H and O–H groups in total. The molecule has 0 bridgehead atoms. The van der Waals surface area contributed by atoms with Gasteiger partial charge in [-0.05, 0) is 36.8 Å². The summed E-state index contributed by atoms with van der Waals surface area (Å²) in [5.74, 6) is 1.66. The Morgan fingerprint density at radius 1 is 0.806 bits per heavy atom. The third-order valence-electron chi connectivity index (χ3n) is 5.26. The van der Waals surface area contributed by atoms with Crippen LogP contribution in [0, 0.1) is 6.92 Å². The number of nitrogens with one attached hydrogen (secondary N) is 1. The first-order chi connectivity index (χ1) is 15.2. The van der Waals surface area contributed by atoms with Crippen LogP contribution in [0.5, 0.6) is 5.75 Å². The predicted octanol–water partition coefficient (Wildman–Crippen LogP) is 6.12. The molecule has 31 heavy (non-hydrogen) atoms. The molecule has 0 aliphatic rings. The smallest absolute Gasteiger partial charge is 0.166 e. The van der Waals surface area contributed by atoms with Crippen LogP contribution in [0.15, 0.2) is 91.0 Å². The fraction of sp³-hybridized carbons (Fsp3) is 0.0769. The summed E-state index contributed by atoms with van der Waals surface area (Å²) >= 11 is 0. The molecule has 0 aliphatic heterocycles. The number of fused-ring (bicyclic) bond motifs is 1. The molecule has 0 aliphatic carbocycles. The molecule has 0 saturated heterocycles. The van der Waals surface area contributed by atoms with Crippen LogP contribution in [0.4, 0.5) is 11.5 Å². The third-order valence-corrected chi connectivity index (χ3v) is 5.26. The molecule has 2 aromatic heterocycles. The molecule has 5 heteroatoms. The van der Waals surface area contributed by atoms with Gasteiger partial charge in [-0.1, -0.05) is 60.7 Å². The zero-order chi connectivity index (χ0) is 21.2. The summed E-state index contributed by atoms with van der Waals surface area (Å²) in [5, 5.41) is 8.33. The van der Waals surface area contributed by atoms with E-state index < -0.39 is 0 Å². The number of methoxy groups -OCH3 is 1. The lowest BCUT2D eigenvalue weighted by Crippen LogP contribution is -2.03. The largest absolute Gasteiger partial charge is 0.497 e. The third kappa shape index (κ3) is 3.62. The van der Waals surface area contributed by atoms with E-state index in [-0.39, 0.29) is 0 Å². The van der Waals surface area contributed by atoms with Gasteiger partial charge in [0.05, 0.1) is 18.5 Å². The predicted molar refractivity (Wildman–Crippen MR) is 125 cm³/mol. The van der Waals surface area contributed by atoms with Crippen molar-refractivity contribution in [2.45, 2.75) is 6.92 Å². The average molecular weight is 406 g/mol. The molecule has 5 rings (SSSR count). The van der Waals surface area contributed by atoms with Gasteiger partial charge in [0, 0.05) is 22.9 Å². The Kier molecular flexibility index (Phi) is 4.84. The maximum atomic E-state index is 5.28. The molecule has 3 aromatic carbocycles. The van der Waals surface area contributed by atoms with E-state index in [1.54, 1.807) is 7.11 Å². The maximum absolute atomic E-state index is 5.28. The molecule has 0 amide bonds. The first-order valence-corrected chi connectivity index (χ1v) is 10.2. The van der Waals surface area contributed by atoms with Crippen LogP contribution in [0.3, 0.4) is 0 Å². The summed E-state index contributed by atoms with van der Waals surface area (Å²) in [4.78, 5) is 5.01. The van der Waals surface area contributed by atoms with Gasteiger partial charge in [-0.3, -0.25) is 0 Å². The van der Waals surface area contributed by atoms with Gasteiger partial charge in [0.25, 0.3) is 0 Å². The number of aromatic nitrogens is 3. The van der Waals surface area contributed by atoms with Gasteiger partial charge in [0.1, 0.15) is 11.6 Å². The van der Waals surface area contributed by atoms with Gasteiger partial charge in [-0.2, -0.15) is 9.61 Å². The molecule has 0 unspecified atom stereocenters. The van der Waals surface area contributed by atoms with Crippen LogP contribution >= 0.6 is 0 Å². The second-order valence-corrected chi connectivity index (χ2v) is 7.31. The minimum Gasteiger partial charge on any atom is -0.497 e. The normalized spacial score (nSPS) is 10.9. The highest BCUT2D eigenvalue weighted by Crippen LogP contribution is 2.32. The lowest BCUT2D eigenvalue weighted by Gasteiger charge is -2.12. The average Bonchev–Trinajstić information content (AvgIpc) is 3.16. The van der Waals surface area contributed by atoms with Crippen LogP contribution in [0.1, 0.15) is 5.69 Å². The lowest BCUT2D eigenvalue weighted by molar-refractivity contribution is 0.415. The number of anilines is 2. The Labute approximate surface area is 181 Å². The highest BCUT2D eigenvalue weighted by molar-refractivity contribution is 5.83. The van der Waals surface area contributed by atoms with Gasteiger partial charge in [0.2, 0.25) is 0 Å². The van der Waals surface area contributed by atoms with Crippen LogP contribution in [-0.4, -0.2) is 21.7 Å². The first kappa shape index (κ1) is 18.9. The van der Waals surface area contributed by atoms with E-state index in [0.29, 0.717) is 0 Å². The van der Waals surface area contributed by atoms with E-state index in [0.717, 1.165) is 51.0 Å². The van der Waals surface area contributed by atoms with Crippen molar-refractivity contribution < 1.29 is 4.74 Å². The van der Waals surface area contributed by atoms with Crippen molar-refractivity contribution >= 4 is 17.2 Å². The highest BCUT2D eigenvalue weighted by atomic mass is 16.5.